The van der Waals surface area contributed by atoms with Crippen LogP contribution < -0.4 is 14.5 Å². The number of thiophene rings is 1. The molecule has 28 heavy (non-hydrogen) atoms. The van der Waals surface area contributed by atoms with Crippen LogP contribution in [-0.2, 0) is 0 Å². The lowest BCUT2D eigenvalue weighted by Gasteiger charge is -2.35. The lowest BCUT2D eigenvalue weighted by atomic mass is 10.2. The minimum absolute atomic E-state index is 0.337. The van der Waals surface area contributed by atoms with Gasteiger partial charge in [0.2, 0.25) is 17.5 Å². The molecule has 1 fully saturated rings. The molecule has 1 aliphatic rings. The highest BCUT2D eigenvalue weighted by Crippen LogP contribution is 2.26. The average Bonchev–Trinajstić information content (AvgIpc) is 3.42. The van der Waals surface area contributed by atoms with Crippen LogP contribution >= 0.6 is 11.3 Å². The Morgan fingerprint density at radius 3 is 2.50 bits per heavy atom. The highest BCUT2D eigenvalue weighted by Gasteiger charge is 2.24. The second kappa shape index (κ2) is 8.19. The van der Waals surface area contributed by atoms with E-state index in [1.165, 1.54) is 0 Å². The second-order valence-corrected chi connectivity index (χ2v) is 7.32. The van der Waals surface area contributed by atoms with Crippen molar-refractivity contribution in [2.45, 2.75) is 0 Å². The summed E-state index contributed by atoms with van der Waals surface area (Å²) in [6.45, 7) is 3.23. The van der Waals surface area contributed by atoms with Gasteiger partial charge in [0.05, 0.1) is 7.11 Å². The molecule has 1 aliphatic heterocycles. The van der Waals surface area contributed by atoms with Crippen LogP contribution in [0.2, 0.25) is 0 Å². The van der Waals surface area contributed by atoms with Crippen molar-refractivity contribution in [2.24, 2.45) is 0 Å². The summed E-state index contributed by atoms with van der Waals surface area (Å²) in [5.74, 6) is 1.87. The van der Waals surface area contributed by atoms with E-state index in [0.717, 1.165) is 42.5 Å². The number of rotatable bonds is 5. The molecular weight excluding hydrogens is 372 g/mol. The summed E-state index contributed by atoms with van der Waals surface area (Å²) in [6, 6.07) is 14.2. The lowest BCUT2D eigenvalue weighted by molar-refractivity contribution is 0.415. The summed E-state index contributed by atoms with van der Waals surface area (Å²) in [7, 11) is 1.67. The first-order valence-electron chi connectivity index (χ1n) is 9.03. The van der Waals surface area contributed by atoms with E-state index in [9.17, 15) is 5.26 Å². The third-order valence-electron chi connectivity index (χ3n) is 4.67. The van der Waals surface area contributed by atoms with Crippen LogP contribution in [0.5, 0.6) is 5.75 Å². The summed E-state index contributed by atoms with van der Waals surface area (Å²) in [5, 5.41) is 11.5. The number of benzene rings is 1. The molecule has 3 aromatic rings. The molecule has 2 aromatic heterocycles. The molecule has 0 atom stereocenters. The van der Waals surface area contributed by atoms with E-state index < -0.39 is 0 Å². The lowest BCUT2D eigenvalue weighted by Crippen LogP contribution is -2.46. The Bertz CT molecular complexity index is 979. The minimum atomic E-state index is 0.337. The van der Waals surface area contributed by atoms with E-state index in [-0.39, 0.29) is 0 Å². The van der Waals surface area contributed by atoms with Gasteiger partial charge in [-0.2, -0.15) is 10.2 Å². The standard InChI is InChI=1S/C21H20N4O2S/c1-26-17-6-4-16(5-7-17)24-10-12-25(13-11-24)21-19(15-22)23-20(27-21)9-8-18-3-2-14-28-18/h2-9,14H,10-13H2,1H3/b9-8+. The molecule has 0 aliphatic carbocycles. The van der Waals surface area contributed by atoms with Gasteiger partial charge in [-0.15, -0.1) is 11.3 Å². The van der Waals surface area contributed by atoms with Gasteiger partial charge in [-0.3, -0.25) is 0 Å². The fourth-order valence-electron chi connectivity index (χ4n) is 3.19. The predicted octanol–water partition coefficient (Wildman–Crippen LogP) is 4.11. The quantitative estimate of drug-likeness (QED) is 0.651. The van der Waals surface area contributed by atoms with Gasteiger partial charge in [0.15, 0.2) is 0 Å². The van der Waals surface area contributed by atoms with Crippen molar-refractivity contribution >= 4 is 35.1 Å². The zero-order chi connectivity index (χ0) is 19.3. The van der Waals surface area contributed by atoms with E-state index in [2.05, 4.69) is 33.0 Å². The molecule has 0 bridgehead atoms. The number of nitrogens with zero attached hydrogens (tertiary/aromatic N) is 4. The smallest absolute Gasteiger partial charge is 0.235 e. The van der Waals surface area contributed by atoms with Crippen molar-refractivity contribution in [1.82, 2.24) is 4.98 Å². The number of anilines is 2. The number of aromatic nitrogens is 1. The first-order chi connectivity index (χ1) is 13.8. The Morgan fingerprint density at radius 2 is 1.86 bits per heavy atom. The highest BCUT2D eigenvalue weighted by atomic mass is 32.1. The Morgan fingerprint density at radius 1 is 1.11 bits per heavy atom. The molecule has 0 N–H and O–H groups in total. The van der Waals surface area contributed by atoms with E-state index >= 15 is 0 Å². The molecule has 7 heteroatoms. The number of ether oxygens (including phenoxy) is 1. The summed E-state index contributed by atoms with van der Waals surface area (Å²) in [6.07, 6.45) is 3.76. The molecule has 0 radical (unpaired) electrons. The summed E-state index contributed by atoms with van der Waals surface area (Å²) in [4.78, 5) is 9.84. The molecule has 1 aromatic carbocycles. The second-order valence-electron chi connectivity index (χ2n) is 6.34. The molecule has 3 heterocycles. The van der Waals surface area contributed by atoms with Gasteiger partial charge in [0.1, 0.15) is 11.8 Å². The third-order valence-corrected chi connectivity index (χ3v) is 5.51. The SMILES string of the molecule is COc1ccc(N2CCN(c3oc(/C=C/c4cccs4)nc3C#N)CC2)cc1. The molecule has 0 spiro atoms. The number of oxazole rings is 1. The predicted molar refractivity (Wildman–Crippen MR) is 112 cm³/mol. The molecule has 1 saturated heterocycles. The fraction of sp³-hybridized carbons (Fsp3) is 0.238. The van der Waals surface area contributed by atoms with Crippen molar-refractivity contribution in [2.75, 3.05) is 43.1 Å². The number of hydrogen-bond donors (Lipinski definition) is 0. The molecular formula is C21H20N4O2S. The Hall–Kier alpha value is -3.24. The topological polar surface area (TPSA) is 65.5 Å². The van der Waals surface area contributed by atoms with Gasteiger partial charge < -0.3 is 19.0 Å². The number of nitriles is 1. The van der Waals surface area contributed by atoms with Crippen molar-refractivity contribution < 1.29 is 9.15 Å². The third kappa shape index (κ3) is 3.87. The Kier molecular flexibility index (Phi) is 5.31. The number of methoxy groups -OCH3 is 1. The normalized spacial score (nSPS) is 14.4. The van der Waals surface area contributed by atoms with Crippen LogP contribution in [0.4, 0.5) is 11.6 Å². The Labute approximate surface area is 167 Å². The molecule has 0 amide bonds. The van der Waals surface area contributed by atoms with E-state index in [4.69, 9.17) is 9.15 Å². The van der Waals surface area contributed by atoms with Gasteiger partial charge in [0, 0.05) is 42.8 Å². The van der Waals surface area contributed by atoms with Gasteiger partial charge in [0.25, 0.3) is 0 Å². The monoisotopic (exact) mass is 392 g/mol. The van der Waals surface area contributed by atoms with Crippen LogP contribution in [0.1, 0.15) is 16.5 Å². The van der Waals surface area contributed by atoms with Crippen molar-refractivity contribution in [3.8, 4) is 11.8 Å². The van der Waals surface area contributed by atoms with E-state index in [0.29, 0.717) is 17.5 Å². The van der Waals surface area contributed by atoms with Crippen LogP contribution in [0.25, 0.3) is 12.2 Å². The molecule has 0 unspecified atom stereocenters. The van der Waals surface area contributed by atoms with Crippen LogP contribution in [0.3, 0.4) is 0 Å². The first kappa shape index (κ1) is 18.1. The van der Waals surface area contributed by atoms with E-state index in [1.807, 2.05) is 41.8 Å². The highest BCUT2D eigenvalue weighted by molar-refractivity contribution is 7.10. The van der Waals surface area contributed by atoms with Crippen LogP contribution in [0.15, 0.2) is 46.2 Å². The maximum Gasteiger partial charge on any atom is 0.235 e. The number of piperazine rings is 1. The van der Waals surface area contributed by atoms with Gasteiger partial charge in [-0.1, -0.05) is 6.07 Å². The van der Waals surface area contributed by atoms with Crippen molar-refractivity contribution in [3.05, 3.63) is 58.2 Å². The fourth-order valence-corrected chi connectivity index (χ4v) is 3.80. The summed E-state index contributed by atoms with van der Waals surface area (Å²) < 4.78 is 11.1. The zero-order valence-electron chi connectivity index (χ0n) is 15.5. The average molecular weight is 392 g/mol. The number of hydrogen-bond acceptors (Lipinski definition) is 7. The van der Waals surface area contributed by atoms with E-state index in [1.54, 1.807) is 18.4 Å². The minimum Gasteiger partial charge on any atom is -0.497 e. The van der Waals surface area contributed by atoms with Crippen LogP contribution in [0, 0.1) is 11.3 Å². The molecule has 142 valence electrons. The molecule has 0 saturated carbocycles. The van der Waals surface area contributed by atoms with Crippen molar-refractivity contribution in [1.29, 1.82) is 5.26 Å². The largest absolute Gasteiger partial charge is 0.497 e. The molecule has 6 nitrogen and oxygen atoms in total. The maximum atomic E-state index is 9.45. The van der Waals surface area contributed by atoms with Crippen LogP contribution in [-0.4, -0.2) is 38.3 Å². The Balaban J connectivity index is 1.44. The molecule has 4 rings (SSSR count). The summed E-state index contributed by atoms with van der Waals surface area (Å²) >= 11 is 1.64. The van der Waals surface area contributed by atoms with Crippen molar-refractivity contribution in [3.63, 3.8) is 0 Å². The summed E-state index contributed by atoms with van der Waals surface area (Å²) in [5.41, 5.74) is 1.50. The van der Waals surface area contributed by atoms with Gasteiger partial charge in [-0.05, 0) is 41.8 Å². The first-order valence-corrected chi connectivity index (χ1v) is 9.91. The zero-order valence-corrected chi connectivity index (χ0v) is 16.4. The van der Waals surface area contributed by atoms with Gasteiger partial charge >= 0.3 is 0 Å². The van der Waals surface area contributed by atoms with Gasteiger partial charge in [-0.25, -0.2) is 0 Å². The maximum absolute atomic E-state index is 9.45.